The topological polar surface area (TPSA) is 45.2 Å². The van der Waals surface area contributed by atoms with E-state index in [0.29, 0.717) is 6.42 Å². The number of nitrogens with zero attached hydrogens (tertiary/aromatic N) is 2. The van der Waals surface area contributed by atoms with Crippen LogP contribution in [0.2, 0.25) is 0 Å². The van der Waals surface area contributed by atoms with Gasteiger partial charge in [0, 0.05) is 19.5 Å². The van der Waals surface area contributed by atoms with E-state index in [1.807, 2.05) is 12.1 Å². The van der Waals surface area contributed by atoms with E-state index in [1.165, 1.54) is 24.8 Å². The summed E-state index contributed by atoms with van der Waals surface area (Å²) in [6.45, 7) is 4.19. The Balaban J connectivity index is 1.47. The normalized spacial score (nSPS) is 15.0. The molecule has 0 saturated carbocycles. The van der Waals surface area contributed by atoms with Crippen molar-refractivity contribution in [2.75, 3.05) is 23.3 Å². The number of benzene rings is 1. The van der Waals surface area contributed by atoms with Gasteiger partial charge in [-0.25, -0.2) is 4.98 Å². The number of rotatable bonds is 7. The average molecular weight is 351 g/mol. The van der Waals surface area contributed by atoms with Crippen LogP contribution in [0, 0.1) is 5.92 Å². The van der Waals surface area contributed by atoms with Gasteiger partial charge in [0.1, 0.15) is 5.82 Å². The first-order valence-corrected chi connectivity index (χ1v) is 9.79. The third kappa shape index (κ3) is 5.32. The second-order valence-corrected chi connectivity index (χ2v) is 7.18. The van der Waals surface area contributed by atoms with Crippen LogP contribution in [0.15, 0.2) is 48.7 Å². The number of anilines is 2. The van der Waals surface area contributed by atoms with Crippen LogP contribution in [0.3, 0.4) is 0 Å². The second kappa shape index (κ2) is 9.37. The van der Waals surface area contributed by atoms with Gasteiger partial charge in [0.15, 0.2) is 0 Å². The molecule has 0 atom stereocenters. The van der Waals surface area contributed by atoms with E-state index < -0.39 is 0 Å². The van der Waals surface area contributed by atoms with Gasteiger partial charge in [0.2, 0.25) is 5.91 Å². The molecule has 1 aliphatic rings. The molecule has 1 aromatic carbocycles. The maximum absolute atomic E-state index is 11.8. The van der Waals surface area contributed by atoms with Crippen LogP contribution in [0.1, 0.15) is 44.6 Å². The fourth-order valence-electron chi connectivity index (χ4n) is 3.52. The molecule has 26 heavy (non-hydrogen) atoms. The van der Waals surface area contributed by atoms with E-state index in [2.05, 4.69) is 52.5 Å². The highest BCUT2D eigenvalue weighted by atomic mass is 16.1. The summed E-state index contributed by atoms with van der Waals surface area (Å²) in [7, 11) is 0. The summed E-state index contributed by atoms with van der Waals surface area (Å²) in [6.07, 6.45) is 7.88. The number of piperidine rings is 1. The lowest BCUT2D eigenvalue weighted by Gasteiger charge is -2.33. The van der Waals surface area contributed by atoms with Crippen molar-refractivity contribution >= 4 is 17.4 Å². The Hall–Kier alpha value is -2.36. The predicted octanol–water partition coefficient (Wildman–Crippen LogP) is 4.67. The zero-order valence-electron chi connectivity index (χ0n) is 15.7. The number of aromatic nitrogens is 1. The third-order valence-corrected chi connectivity index (χ3v) is 5.09. The molecule has 0 radical (unpaired) electrons. The fourth-order valence-corrected chi connectivity index (χ4v) is 3.52. The molecular weight excluding hydrogens is 322 g/mol. The highest BCUT2D eigenvalue weighted by Gasteiger charge is 2.20. The molecule has 1 saturated heterocycles. The molecule has 4 heteroatoms. The summed E-state index contributed by atoms with van der Waals surface area (Å²) in [4.78, 5) is 18.7. The van der Waals surface area contributed by atoms with Gasteiger partial charge in [-0.15, -0.1) is 0 Å². The molecule has 138 valence electrons. The Bertz CT molecular complexity index is 676. The Morgan fingerprint density at radius 2 is 1.92 bits per heavy atom. The van der Waals surface area contributed by atoms with Gasteiger partial charge in [-0.05, 0) is 49.3 Å². The number of unbranched alkanes of at least 4 members (excludes halogenated alkanes) is 1. The number of hydrogen-bond donors (Lipinski definition) is 1. The maximum Gasteiger partial charge on any atom is 0.224 e. The minimum Gasteiger partial charge on any atom is -0.357 e. The summed E-state index contributed by atoms with van der Waals surface area (Å²) < 4.78 is 0. The quantitative estimate of drug-likeness (QED) is 0.788. The zero-order valence-corrected chi connectivity index (χ0v) is 15.7. The van der Waals surface area contributed by atoms with Crippen LogP contribution < -0.4 is 10.2 Å². The molecule has 0 aliphatic carbocycles. The third-order valence-electron chi connectivity index (χ3n) is 5.09. The zero-order chi connectivity index (χ0) is 18.2. The lowest BCUT2D eigenvalue weighted by Crippen LogP contribution is -2.34. The van der Waals surface area contributed by atoms with Crippen molar-refractivity contribution in [1.29, 1.82) is 0 Å². The summed E-state index contributed by atoms with van der Waals surface area (Å²) in [6, 6.07) is 14.7. The number of pyridine rings is 1. The molecular formula is C22H29N3O. The average Bonchev–Trinajstić information content (AvgIpc) is 2.68. The number of amides is 1. The number of nitrogens with one attached hydrogen (secondary N) is 1. The smallest absolute Gasteiger partial charge is 0.224 e. The molecule has 1 aliphatic heterocycles. The van der Waals surface area contributed by atoms with Crippen LogP contribution in [-0.4, -0.2) is 24.0 Å². The highest BCUT2D eigenvalue weighted by molar-refractivity contribution is 5.90. The molecule has 2 aromatic rings. The molecule has 1 aromatic heterocycles. The van der Waals surface area contributed by atoms with E-state index in [4.69, 9.17) is 0 Å². The predicted molar refractivity (Wildman–Crippen MR) is 107 cm³/mol. The van der Waals surface area contributed by atoms with Crippen LogP contribution >= 0.6 is 0 Å². The van der Waals surface area contributed by atoms with E-state index in [9.17, 15) is 4.79 Å². The van der Waals surface area contributed by atoms with Gasteiger partial charge in [0.25, 0.3) is 0 Å². The molecule has 1 amide bonds. The fraction of sp³-hybridized carbons (Fsp3) is 0.455. The van der Waals surface area contributed by atoms with Crippen molar-refractivity contribution in [3.63, 3.8) is 0 Å². The van der Waals surface area contributed by atoms with Crippen molar-refractivity contribution in [1.82, 2.24) is 4.98 Å². The molecule has 2 heterocycles. The number of carbonyl (C=O) groups excluding carboxylic acids is 1. The van der Waals surface area contributed by atoms with E-state index >= 15 is 0 Å². The van der Waals surface area contributed by atoms with Gasteiger partial charge in [-0.3, -0.25) is 4.79 Å². The van der Waals surface area contributed by atoms with Gasteiger partial charge in [0.05, 0.1) is 11.9 Å². The molecule has 3 rings (SSSR count). The van der Waals surface area contributed by atoms with Crippen LogP contribution in [0.25, 0.3) is 0 Å². The minimum absolute atomic E-state index is 0.0723. The van der Waals surface area contributed by atoms with Crippen LogP contribution in [-0.2, 0) is 11.2 Å². The van der Waals surface area contributed by atoms with Crippen LogP contribution in [0.5, 0.6) is 0 Å². The summed E-state index contributed by atoms with van der Waals surface area (Å²) in [5.41, 5.74) is 2.22. The molecule has 0 bridgehead atoms. The summed E-state index contributed by atoms with van der Waals surface area (Å²) >= 11 is 0. The summed E-state index contributed by atoms with van der Waals surface area (Å²) in [5.74, 6) is 1.84. The SMILES string of the molecule is CCCCC(=O)Nc1ccc(N2CCC(Cc3ccccc3)CC2)nc1. The Morgan fingerprint density at radius 3 is 2.58 bits per heavy atom. The molecule has 4 nitrogen and oxygen atoms in total. The Kier molecular flexibility index (Phi) is 6.64. The Morgan fingerprint density at radius 1 is 1.15 bits per heavy atom. The first-order valence-electron chi connectivity index (χ1n) is 9.79. The van der Waals surface area contributed by atoms with Gasteiger partial charge >= 0.3 is 0 Å². The lowest BCUT2D eigenvalue weighted by molar-refractivity contribution is -0.116. The van der Waals surface area contributed by atoms with Gasteiger partial charge < -0.3 is 10.2 Å². The molecule has 1 N–H and O–H groups in total. The number of hydrogen-bond acceptors (Lipinski definition) is 3. The minimum atomic E-state index is 0.0723. The standard InChI is InChI=1S/C22H29N3O/c1-2-3-9-22(26)24-20-10-11-21(23-17-20)25-14-12-19(13-15-25)16-18-7-5-4-6-8-18/h4-8,10-11,17,19H,2-3,9,12-16H2,1H3,(H,24,26). The van der Waals surface area contributed by atoms with Gasteiger partial charge in [-0.1, -0.05) is 43.7 Å². The molecule has 1 fully saturated rings. The molecule has 0 unspecified atom stereocenters. The summed E-state index contributed by atoms with van der Waals surface area (Å²) in [5, 5.41) is 2.92. The first kappa shape index (κ1) is 18.4. The van der Waals surface area contributed by atoms with Crippen molar-refractivity contribution in [2.24, 2.45) is 5.92 Å². The van der Waals surface area contributed by atoms with Crippen molar-refractivity contribution in [2.45, 2.75) is 45.4 Å². The van der Waals surface area contributed by atoms with Crippen molar-refractivity contribution < 1.29 is 4.79 Å². The first-order chi connectivity index (χ1) is 12.7. The largest absolute Gasteiger partial charge is 0.357 e. The molecule has 0 spiro atoms. The lowest BCUT2D eigenvalue weighted by atomic mass is 9.90. The van der Waals surface area contributed by atoms with Crippen molar-refractivity contribution in [3.05, 3.63) is 54.2 Å². The second-order valence-electron chi connectivity index (χ2n) is 7.18. The monoisotopic (exact) mass is 351 g/mol. The van der Waals surface area contributed by atoms with Crippen LogP contribution in [0.4, 0.5) is 11.5 Å². The van der Waals surface area contributed by atoms with Crippen molar-refractivity contribution in [3.8, 4) is 0 Å². The maximum atomic E-state index is 11.8. The number of carbonyl (C=O) groups is 1. The highest BCUT2D eigenvalue weighted by Crippen LogP contribution is 2.25. The van der Waals surface area contributed by atoms with Gasteiger partial charge in [-0.2, -0.15) is 0 Å². The van der Waals surface area contributed by atoms with E-state index in [-0.39, 0.29) is 5.91 Å². The van der Waals surface area contributed by atoms with E-state index in [0.717, 1.165) is 43.4 Å². The Labute approximate surface area is 156 Å². The van der Waals surface area contributed by atoms with E-state index in [1.54, 1.807) is 6.20 Å².